The van der Waals surface area contributed by atoms with Crippen LogP contribution in [0.1, 0.15) is 54.1 Å². The van der Waals surface area contributed by atoms with Gasteiger partial charge in [-0.05, 0) is 49.1 Å². The Bertz CT molecular complexity index is 644. The van der Waals surface area contributed by atoms with E-state index in [0.717, 1.165) is 5.56 Å². The first-order chi connectivity index (χ1) is 10.3. The van der Waals surface area contributed by atoms with E-state index in [4.69, 9.17) is 5.21 Å². The lowest BCUT2D eigenvalue weighted by Crippen LogP contribution is -2.27. The van der Waals surface area contributed by atoms with E-state index in [1.807, 2.05) is 12.1 Å². The molecule has 4 nitrogen and oxygen atoms in total. The van der Waals surface area contributed by atoms with Crippen LogP contribution in [-0.2, 0) is 0 Å². The molecule has 0 fully saturated rings. The number of carbonyl (C=O) groups excluding carboxylic acids is 1. The van der Waals surface area contributed by atoms with Gasteiger partial charge in [-0.1, -0.05) is 32.9 Å². The van der Waals surface area contributed by atoms with Crippen molar-refractivity contribution >= 4 is 5.91 Å². The molecule has 4 heteroatoms. The van der Waals surface area contributed by atoms with Crippen LogP contribution < -0.4 is 5.48 Å². The average molecular weight is 300 g/mol. The van der Waals surface area contributed by atoms with Crippen molar-refractivity contribution in [1.82, 2.24) is 10.0 Å². The number of aromatic nitrogens is 1. The van der Waals surface area contributed by atoms with Gasteiger partial charge in [0.25, 0.3) is 5.91 Å². The molecule has 0 aliphatic carbocycles. The number of hydroxylamine groups is 1. The van der Waals surface area contributed by atoms with Crippen molar-refractivity contribution < 1.29 is 10.0 Å². The van der Waals surface area contributed by atoms with Crippen LogP contribution in [0.5, 0.6) is 0 Å². The van der Waals surface area contributed by atoms with Crippen molar-refractivity contribution in [2.45, 2.75) is 40.7 Å². The third-order valence-electron chi connectivity index (χ3n) is 3.99. The maximum atomic E-state index is 11.5. The molecule has 0 radical (unpaired) electrons. The van der Waals surface area contributed by atoms with Crippen LogP contribution in [-0.4, -0.2) is 15.7 Å². The van der Waals surface area contributed by atoms with Crippen molar-refractivity contribution in [2.24, 2.45) is 5.41 Å². The Labute approximate surface area is 131 Å². The quantitative estimate of drug-likeness (QED) is 0.668. The number of rotatable bonds is 3. The lowest BCUT2D eigenvalue weighted by molar-refractivity contribution is 0.0706. The molecule has 2 N–H and O–H groups in total. The highest BCUT2D eigenvalue weighted by molar-refractivity contribution is 5.93. The number of aryl methyl sites for hydroxylation is 2. The summed E-state index contributed by atoms with van der Waals surface area (Å²) in [5.74, 6) is -0.493. The fourth-order valence-electron chi connectivity index (χ4n) is 3.00. The van der Waals surface area contributed by atoms with Crippen LogP contribution >= 0.6 is 0 Å². The van der Waals surface area contributed by atoms with Crippen LogP contribution in [0.25, 0.3) is 0 Å². The summed E-state index contributed by atoms with van der Waals surface area (Å²) in [7, 11) is 0. The molecule has 1 unspecified atom stereocenters. The predicted molar refractivity (Wildman–Crippen MR) is 87.2 cm³/mol. The summed E-state index contributed by atoms with van der Waals surface area (Å²) in [6.45, 7) is 10.9. The van der Waals surface area contributed by atoms with Crippen LogP contribution in [0.4, 0.5) is 0 Å². The first-order valence-electron chi connectivity index (χ1n) is 7.44. The Hall–Kier alpha value is -2.07. The minimum Gasteiger partial charge on any atom is -0.341 e. The molecule has 1 atom stereocenters. The molecular weight excluding hydrogens is 276 g/mol. The third-order valence-corrected chi connectivity index (χ3v) is 3.99. The van der Waals surface area contributed by atoms with Gasteiger partial charge < -0.3 is 4.57 Å². The lowest BCUT2D eigenvalue weighted by Gasteiger charge is -2.35. The Balaban J connectivity index is 2.50. The van der Waals surface area contributed by atoms with Gasteiger partial charge in [-0.3, -0.25) is 10.0 Å². The second-order valence-corrected chi connectivity index (χ2v) is 6.82. The van der Waals surface area contributed by atoms with Crippen molar-refractivity contribution in [3.05, 3.63) is 58.9 Å². The molecule has 22 heavy (non-hydrogen) atoms. The van der Waals surface area contributed by atoms with Gasteiger partial charge in [0.2, 0.25) is 0 Å². The van der Waals surface area contributed by atoms with Gasteiger partial charge >= 0.3 is 0 Å². The number of carbonyl (C=O) groups is 1. The highest BCUT2D eigenvalue weighted by atomic mass is 16.5. The number of amides is 1. The average Bonchev–Trinajstić information content (AvgIpc) is 2.78. The SMILES string of the molecule is Cc1ccc(C)n1C(c1ccc(C(=O)NO)cc1)C(C)(C)C. The molecule has 0 bridgehead atoms. The topological polar surface area (TPSA) is 54.3 Å². The monoisotopic (exact) mass is 300 g/mol. The molecule has 1 amide bonds. The molecule has 1 heterocycles. The van der Waals surface area contributed by atoms with Crippen molar-refractivity contribution in [3.63, 3.8) is 0 Å². The predicted octanol–water partition coefficient (Wildman–Crippen LogP) is 3.86. The molecule has 1 aromatic carbocycles. The number of hydrogen-bond acceptors (Lipinski definition) is 2. The summed E-state index contributed by atoms with van der Waals surface area (Å²) < 4.78 is 2.33. The second-order valence-electron chi connectivity index (χ2n) is 6.82. The molecule has 0 saturated heterocycles. The molecule has 1 aromatic heterocycles. The van der Waals surface area contributed by atoms with E-state index >= 15 is 0 Å². The molecule has 0 aliphatic heterocycles. The van der Waals surface area contributed by atoms with Crippen molar-refractivity contribution in [1.29, 1.82) is 0 Å². The Morgan fingerprint density at radius 2 is 1.55 bits per heavy atom. The van der Waals surface area contributed by atoms with Crippen LogP contribution in [0.3, 0.4) is 0 Å². The Kier molecular flexibility index (Phi) is 4.42. The minimum atomic E-state index is -0.493. The number of nitrogens with one attached hydrogen (secondary N) is 1. The van der Waals surface area contributed by atoms with Crippen molar-refractivity contribution in [2.75, 3.05) is 0 Å². The fraction of sp³-hybridized carbons (Fsp3) is 0.389. The first-order valence-corrected chi connectivity index (χ1v) is 7.44. The molecule has 0 spiro atoms. The van der Waals surface area contributed by atoms with Crippen LogP contribution in [0.15, 0.2) is 36.4 Å². The molecular formula is C18H24N2O2. The summed E-state index contributed by atoms with van der Waals surface area (Å²) in [5.41, 5.74) is 5.71. The van der Waals surface area contributed by atoms with Gasteiger partial charge in [0.15, 0.2) is 0 Å². The van der Waals surface area contributed by atoms with Crippen LogP contribution in [0, 0.1) is 19.3 Å². The number of benzene rings is 1. The molecule has 0 aliphatic rings. The molecule has 2 aromatic rings. The van der Waals surface area contributed by atoms with E-state index in [2.05, 4.69) is 51.3 Å². The molecule has 0 saturated carbocycles. The summed E-state index contributed by atoms with van der Waals surface area (Å²) in [5, 5.41) is 8.72. The van der Waals surface area contributed by atoms with E-state index in [9.17, 15) is 4.79 Å². The molecule has 2 rings (SSSR count). The highest BCUT2D eigenvalue weighted by Gasteiger charge is 2.29. The fourth-order valence-corrected chi connectivity index (χ4v) is 3.00. The second kappa shape index (κ2) is 5.97. The summed E-state index contributed by atoms with van der Waals surface area (Å²) in [6.07, 6.45) is 0. The third kappa shape index (κ3) is 3.07. The van der Waals surface area contributed by atoms with Crippen molar-refractivity contribution in [3.8, 4) is 0 Å². The summed E-state index contributed by atoms with van der Waals surface area (Å²) >= 11 is 0. The van der Waals surface area contributed by atoms with E-state index in [-0.39, 0.29) is 11.5 Å². The summed E-state index contributed by atoms with van der Waals surface area (Å²) in [4.78, 5) is 11.5. The largest absolute Gasteiger partial charge is 0.341 e. The summed E-state index contributed by atoms with van der Waals surface area (Å²) in [6, 6.07) is 11.8. The Morgan fingerprint density at radius 1 is 1.05 bits per heavy atom. The zero-order chi connectivity index (χ0) is 16.5. The zero-order valence-electron chi connectivity index (χ0n) is 13.8. The smallest absolute Gasteiger partial charge is 0.274 e. The maximum Gasteiger partial charge on any atom is 0.274 e. The Morgan fingerprint density at radius 3 is 1.95 bits per heavy atom. The van der Waals surface area contributed by atoms with Gasteiger partial charge in [0.05, 0.1) is 6.04 Å². The van der Waals surface area contributed by atoms with Crippen LogP contribution in [0.2, 0.25) is 0 Å². The highest BCUT2D eigenvalue weighted by Crippen LogP contribution is 2.38. The van der Waals surface area contributed by atoms with E-state index in [1.165, 1.54) is 11.4 Å². The van der Waals surface area contributed by atoms with Gasteiger partial charge in [-0.25, -0.2) is 5.48 Å². The van der Waals surface area contributed by atoms with Gasteiger partial charge in [0, 0.05) is 17.0 Å². The maximum absolute atomic E-state index is 11.5. The number of nitrogens with zero attached hydrogens (tertiary/aromatic N) is 1. The normalized spacial score (nSPS) is 13.0. The number of hydrogen-bond donors (Lipinski definition) is 2. The first kappa shape index (κ1) is 16.3. The zero-order valence-corrected chi connectivity index (χ0v) is 13.8. The van der Waals surface area contributed by atoms with Gasteiger partial charge in [-0.15, -0.1) is 0 Å². The van der Waals surface area contributed by atoms with Gasteiger partial charge in [-0.2, -0.15) is 0 Å². The standard InChI is InChI=1S/C18H24N2O2/c1-12-6-7-13(2)20(12)16(18(3,4)5)14-8-10-15(11-9-14)17(21)19-22/h6-11,16,22H,1-5H3,(H,19,21). The lowest BCUT2D eigenvalue weighted by atomic mass is 9.81. The molecule has 118 valence electrons. The van der Waals surface area contributed by atoms with Gasteiger partial charge in [0.1, 0.15) is 0 Å². The van der Waals surface area contributed by atoms with E-state index in [1.54, 1.807) is 17.6 Å². The van der Waals surface area contributed by atoms with E-state index < -0.39 is 5.91 Å². The minimum absolute atomic E-state index is 0.0231. The van der Waals surface area contributed by atoms with E-state index in [0.29, 0.717) is 5.56 Å².